The van der Waals surface area contributed by atoms with E-state index in [2.05, 4.69) is 27.8 Å². The number of hydrogen-bond acceptors (Lipinski definition) is 4. The van der Waals surface area contributed by atoms with Gasteiger partial charge in [-0.3, -0.25) is 4.98 Å². The molecule has 0 saturated carbocycles. The summed E-state index contributed by atoms with van der Waals surface area (Å²) in [6.07, 6.45) is 3.00. The lowest BCUT2D eigenvalue weighted by molar-refractivity contribution is 0.606. The molecular formula is C10H12N2S2. The molecule has 0 aliphatic rings. The standard InChI is InChI=1S/C10H12N2S2/c1-11-9(10-6-12-7-14-10)5-8-3-2-4-13-8/h2-4,6-7,9,11H,5H2,1H3. The minimum Gasteiger partial charge on any atom is -0.312 e. The van der Waals surface area contributed by atoms with E-state index in [9.17, 15) is 0 Å². The fourth-order valence-corrected chi connectivity index (χ4v) is 2.86. The fraction of sp³-hybridized carbons (Fsp3) is 0.300. The zero-order valence-corrected chi connectivity index (χ0v) is 9.57. The highest BCUT2D eigenvalue weighted by Crippen LogP contribution is 2.23. The van der Waals surface area contributed by atoms with Gasteiger partial charge in [-0.2, -0.15) is 0 Å². The van der Waals surface area contributed by atoms with Crippen LogP contribution in [-0.4, -0.2) is 12.0 Å². The molecule has 0 aromatic carbocycles. The van der Waals surface area contributed by atoms with Crippen LogP contribution in [0.15, 0.2) is 29.2 Å². The molecule has 2 heterocycles. The zero-order valence-electron chi connectivity index (χ0n) is 7.93. The van der Waals surface area contributed by atoms with Crippen molar-refractivity contribution in [2.45, 2.75) is 12.5 Å². The number of nitrogens with zero attached hydrogens (tertiary/aromatic N) is 1. The van der Waals surface area contributed by atoms with Crippen molar-refractivity contribution in [2.24, 2.45) is 0 Å². The number of aromatic nitrogens is 1. The van der Waals surface area contributed by atoms with E-state index in [1.54, 1.807) is 11.3 Å². The maximum Gasteiger partial charge on any atom is 0.0794 e. The van der Waals surface area contributed by atoms with E-state index in [1.807, 2.05) is 30.1 Å². The molecule has 1 unspecified atom stereocenters. The Bertz CT molecular complexity index is 353. The van der Waals surface area contributed by atoms with E-state index in [1.165, 1.54) is 9.75 Å². The van der Waals surface area contributed by atoms with Crippen LogP contribution >= 0.6 is 22.7 Å². The maximum atomic E-state index is 4.10. The summed E-state index contributed by atoms with van der Waals surface area (Å²) in [5, 5.41) is 5.44. The van der Waals surface area contributed by atoms with Gasteiger partial charge in [0.2, 0.25) is 0 Å². The second-order valence-electron chi connectivity index (χ2n) is 3.03. The first-order valence-electron chi connectivity index (χ1n) is 4.48. The van der Waals surface area contributed by atoms with Crippen LogP contribution in [0.1, 0.15) is 15.8 Å². The third-order valence-electron chi connectivity index (χ3n) is 2.13. The summed E-state index contributed by atoms with van der Waals surface area (Å²) in [5.41, 5.74) is 1.88. The molecule has 2 aromatic heterocycles. The van der Waals surface area contributed by atoms with Gasteiger partial charge in [0, 0.05) is 28.4 Å². The van der Waals surface area contributed by atoms with Crippen LogP contribution in [0.2, 0.25) is 0 Å². The maximum absolute atomic E-state index is 4.10. The van der Waals surface area contributed by atoms with Gasteiger partial charge in [0.15, 0.2) is 0 Å². The molecule has 0 radical (unpaired) electrons. The summed E-state index contributed by atoms with van der Waals surface area (Å²) in [6.45, 7) is 0. The Morgan fingerprint density at radius 2 is 2.43 bits per heavy atom. The van der Waals surface area contributed by atoms with Gasteiger partial charge in [0.25, 0.3) is 0 Å². The lowest BCUT2D eigenvalue weighted by atomic mass is 10.1. The Morgan fingerprint density at radius 3 is 3.00 bits per heavy atom. The summed E-state index contributed by atoms with van der Waals surface area (Å²) in [5.74, 6) is 0. The van der Waals surface area contributed by atoms with Crippen LogP contribution in [0, 0.1) is 0 Å². The van der Waals surface area contributed by atoms with Crippen molar-refractivity contribution in [3.05, 3.63) is 39.0 Å². The average Bonchev–Trinajstić information content (AvgIpc) is 2.86. The molecular weight excluding hydrogens is 212 g/mol. The quantitative estimate of drug-likeness (QED) is 0.863. The van der Waals surface area contributed by atoms with Gasteiger partial charge in [-0.05, 0) is 18.5 Å². The molecule has 2 rings (SSSR count). The molecule has 2 aromatic rings. The van der Waals surface area contributed by atoms with E-state index >= 15 is 0 Å². The minimum absolute atomic E-state index is 0.404. The van der Waals surface area contributed by atoms with Crippen molar-refractivity contribution in [2.75, 3.05) is 7.05 Å². The molecule has 14 heavy (non-hydrogen) atoms. The SMILES string of the molecule is CNC(Cc1cccs1)c1cncs1. The Labute approximate surface area is 91.6 Å². The molecule has 1 atom stereocenters. The van der Waals surface area contributed by atoms with Crippen molar-refractivity contribution in [1.29, 1.82) is 0 Å². The van der Waals surface area contributed by atoms with Crippen LogP contribution in [0.25, 0.3) is 0 Å². The first-order valence-corrected chi connectivity index (χ1v) is 6.24. The van der Waals surface area contributed by atoms with Gasteiger partial charge >= 0.3 is 0 Å². The van der Waals surface area contributed by atoms with E-state index in [4.69, 9.17) is 0 Å². The number of thiophene rings is 1. The molecule has 0 amide bonds. The first-order chi connectivity index (χ1) is 6.90. The topological polar surface area (TPSA) is 24.9 Å². The lowest BCUT2D eigenvalue weighted by Crippen LogP contribution is -2.17. The molecule has 74 valence electrons. The van der Waals surface area contributed by atoms with Crippen LogP contribution in [0.5, 0.6) is 0 Å². The Hall–Kier alpha value is -0.710. The van der Waals surface area contributed by atoms with E-state index in [0.717, 1.165) is 6.42 Å². The number of hydrogen-bond donors (Lipinski definition) is 1. The highest BCUT2D eigenvalue weighted by Gasteiger charge is 2.11. The highest BCUT2D eigenvalue weighted by molar-refractivity contribution is 7.10. The third-order valence-corrected chi connectivity index (χ3v) is 3.92. The molecule has 0 bridgehead atoms. The van der Waals surface area contributed by atoms with Crippen molar-refractivity contribution in [3.8, 4) is 0 Å². The lowest BCUT2D eigenvalue weighted by Gasteiger charge is -2.12. The smallest absolute Gasteiger partial charge is 0.0794 e. The number of likely N-dealkylation sites (N-methyl/N-ethyl adjacent to an activating group) is 1. The molecule has 4 heteroatoms. The second-order valence-corrected chi connectivity index (χ2v) is 4.98. The van der Waals surface area contributed by atoms with E-state index in [-0.39, 0.29) is 0 Å². The normalized spacial score (nSPS) is 12.9. The Kier molecular flexibility index (Phi) is 3.29. The summed E-state index contributed by atoms with van der Waals surface area (Å²) in [6, 6.07) is 4.68. The predicted octanol–water partition coefficient (Wildman–Crippen LogP) is 2.71. The summed E-state index contributed by atoms with van der Waals surface area (Å²) in [7, 11) is 2.00. The van der Waals surface area contributed by atoms with Gasteiger partial charge in [-0.1, -0.05) is 6.07 Å². The average molecular weight is 224 g/mol. The third kappa shape index (κ3) is 2.20. The van der Waals surface area contributed by atoms with Crippen molar-refractivity contribution in [1.82, 2.24) is 10.3 Å². The highest BCUT2D eigenvalue weighted by atomic mass is 32.1. The van der Waals surface area contributed by atoms with Gasteiger partial charge in [0.1, 0.15) is 0 Å². The first kappa shape index (κ1) is 9.83. The number of rotatable bonds is 4. The summed E-state index contributed by atoms with van der Waals surface area (Å²) < 4.78 is 0. The molecule has 0 aliphatic heterocycles. The summed E-state index contributed by atoms with van der Waals surface area (Å²) >= 11 is 3.52. The zero-order chi connectivity index (χ0) is 9.80. The van der Waals surface area contributed by atoms with Gasteiger partial charge in [-0.25, -0.2) is 0 Å². The van der Waals surface area contributed by atoms with E-state index < -0.39 is 0 Å². The van der Waals surface area contributed by atoms with Crippen molar-refractivity contribution in [3.63, 3.8) is 0 Å². The molecule has 1 N–H and O–H groups in total. The molecule has 0 aliphatic carbocycles. The largest absolute Gasteiger partial charge is 0.312 e. The second kappa shape index (κ2) is 4.68. The Balaban J connectivity index is 2.08. The van der Waals surface area contributed by atoms with Crippen LogP contribution in [-0.2, 0) is 6.42 Å². The Morgan fingerprint density at radius 1 is 1.50 bits per heavy atom. The van der Waals surface area contributed by atoms with Crippen LogP contribution < -0.4 is 5.32 Å². The van der Waals surface area contributed by atoms with Crippen LogP contribution in [0.4, 0.5) is 0 Å². The molecule has 2 nitrogen and oxygen atoms in total. The van der Waals surface area contributed by atoms with Gasteiger partial charge in [-0.15, -0.1) is 22.7 Å². The summed E-state index contributed by atoms with van der Waals surface area (Å²) in [4.78, 5) is 6.82. The van der Waals surface area contributed by atoms with Crippen molar-refractivity contribution >= 4 is 22.7 Å². The number of thiazole rings is 1. The minimum atomic E-state index is 0.404. The molecule has 0 spiro atoms. The molecule has 0 fully saturated rings. The van der Waals surface area contributed by atoms with Crippen molar-refractivity contribution < 1.29 is 0 Å². The van der Waals surface area contributed by atoms with E-state index in [0.29, 0.717) is 6.04 Å². The van der Waals surface area contributed by atoms with Gasteiger partial charge < -0.3 is 5.32 Å². The monoisotopic (exact) mass is 224 g/mol. The van der Waals surface area contributed by atoms with Gasteiger partial charge in [0.05, 0.1) is 5.51 Å². The molecule has 0 saturated heterocycles. The fourth-order valence-electron chi connectivity index (χ4n) is 1.37. The van der Waals surface area contributed by atoms with Crippen LogP contribution in [0.3, 0.4) is 0 Å². The number of nitrogens with one attached hydrogen (secondary N) is 1. The predicted molar refractivity (Wildman–Crippen MR) is 61.9 cm³/mol.